The van der Waals surface area contributed by atoms with Crippen LogP contribution in [0.3, 0.4) is 0 Å². The lowest BCUT2D eigenvalue weighted by Gasteiger charge is -2.35. The van der Waals surface area contributed by atoms with E-state index in [4.69, 9.17) is 22.1 Å². The fourth-order valence-electron chi connectivity index (χ4n) is 6.39. The van der Waals surface area contributed by atoms with Gasteiger partial charge in [0.05, 0.1) is 29.4 Å². The lowest BCUT2D eigenvalue weighted by Crippen LogP contribution is -2.47. The van der Waals surface area contributed by atoms with Crippen LogP contribution < -0.4 is 5.73 Å². The molecule has 1 fully saturated rings. The second-order valence-corrected chi connectivity index (χ2v) is 14.4. The predicted octanol–water partition coefficient (Wildman–Crippen LogP) is 7.37. The van der Waals surface area contributed by atoms with Crippen molar-refractivity contribution in [1.29, 1.82) is 0 Å². The van der Waals surface area contributed by atoms with Gasteiger partial charge in [-0.3, -0.25) is 14.5 Å². The molecular weight excluding hydrogens is 737 g/mol. The van der Waals surface area contributed by atoms with Gasteiger partial charge in [0.1, 0.15) is 18.8 Å². The molecule has 1 saturated carbocycles. The molecule has 282 valence electrons. The number of ether oxygens (including phenoxy) is 1. The molecule has 3 atom stereocenters. The van der Waals surface area contributed by atoms with Gasteiger partial charge in [0.25, 0.3) is 18.3 Å². The third-order valence-corrected chi connectivity index (χ3v) is 9.22. The number of guanidine groups is 1. The molecule has 2 aromatic carbocycles. The van der Waals surface area contributed by atoms with Crippen LogP contribution in [0.4, 0.5) is 30.7 Å². The van der Waals surface area contributed by atoms with E-state index in [-0.39, 0.29) is 45.3 Å². The molecule has 1 aliphatic carbocycles. The number of halogens is 8. The lowest BCUT2D eigenvalue weighted by atomic mass is 9.75. The van der Waals surface area contributed by atoms with Gasteiger partial charge < -0.3 is 10.5 Å². The quantitative estimate of drug-likeness (QED) is 0.118. The summed E-state index contributed by atoms with van der Waals surface area (Å²) in [6, 6.07) is 6.44. The summed E-state index contributed by atoms with van der Waals surface area (Å²) in [5, 5.41) is 7.36. The average molecular weight is 769 g/mol. The molecule has 0 radical (unpaired) electrons. The predicted molar refractivity (Wildman–Crippen MR) is 176 cm³/mol. The van der Waals surface area contributed by atoms with Gasteiger partial charge in [-0.25, -0.2) is 41.3 Å². The highest BCUT2D eigenvalue weighted by molar-refractivity contribution is 6.32. The van der Waals surface area contributed by atoms with Crippen LogP contribution in [0.15, 0.2) is 60.1 Å². The zero-order valence-corrected chi connectivity index (χ0v) is 29.0. The van der Waals surface area contributed by atoms with Gasteiger partial charge in [-0.05, 0) is 41.2 Å². The molecule has 2 N–H and O–H groups in total. The highest BCUT2D eigenvalue weighted by Gasteiger charge is 2.58. The first-order chi connectivity index (χ1) is 24.8. The molecule has 0 spiro atoms. The van der Waals surface area contributed by atoms with E-state index < -0.39 is 84.8 Å². The minimum absolute atomic E-state index is 0.0377. The summed E-state index contributed by atoms with van der Waals surface area (Å²) in [6.45, 7) is 1.80. The summed E-state index contributed by atoms with van der Waals surface area (Å²) in [5.74, 6) is -8.00. The van der Waals surface area contributed by atoms with E-state index in [0.717, 1.165) is 34.4 Å². The van der Waals surface area contributed by atoms with Crippen molar-refractivity contribution in [3.63, 3.8) is 0 Å². The lowest BCUT2D eigenvalue weighted by molar-refractivity contribution is -0.148. The second kappa shape index (κ2) is 13.8. The van der Waals surface area contributed by atoms with Crippen LogP contribution in [0, 0.1) is 17.2 Å². The Morgan fingerprint density at radius 2 is 1.83 bits per heavy atom. The molecular formula is C34H32ClF7N8O3. The monoisotopic (exact) mass is 768 g/mol. The summed E-state index contributed by atoms with van der Waals surface area (Å²) >= 11 is 6.39. The van der Waals surface area contributed by atoms with Crippen molar-refractivity contribution in [2.24, 2.45) is 22.1 Å². The van der Waals surface area contributed by atoms with Crippen molar-refractivity contribution < 1.29 is 45.1 Å². The average Bonchev–Trinajstić information content (AvgIpc) is 3.52. The summed E-state index contributed by atoms with van der Waals surface area (Å²) in [6.07, 6.45) is -1.26. The van der Waals surface area contributed by atoms with Crippen LogP contribution in [0.1, 0.15) is 76.0 Å². The number of benzene rings is 2. The maximum absolute atomic E-state index is 15.8. The van der Waals surface area contributed by atoms with E-state index in [9.17, 15) is 35.9 Å². The second-order valence-electron chi connectivity index (χ2n) is 14.0. The highest BCUT2D eigenvalue weighted by atomic mass is 35.5. The number of amides is 1. The number of nitrogens with two attached hydrogens (primary N) is 1. The van der Waals surface area contributed by atoms with Gasteiger partial charge >= 0.3 is 12.5 Å². The fraction of sp³-hybridized carbons (Fsp3) is 0.412. The van der Waals surface area contributed by atoms with Crippen molar-refractivity contribution >= 4 is 29.4 Å². The molecule has 0 saturated heterocycles. The SMILES string of the molecule is CC(C)(C)C[C@]1(c2ccc(-c3cnn(C(F)F)c3)c(F)c2)N=C(N)N([C@H](COC(=O)C[C@@H]2CC2(F)F)c2ccc(Cl)c(-n3ncnc3C(F)F)c2)C1=O. The zero-order chi connectivity index (χ0) is 38.6. The Bertz CT molecular complexity index is 2080. The molecule has 2 aromatic heterocycles. The van der Waals surface area contributed by atoms with E-state index in [1.165, 1.54) is 30.3 Å². The third-order valence-electron chi connectivity index (χ3n) is 8.91. The molecule has 6 rings (SSSR count). The third kappa shape index (κ3) is 7.45. The number of nitrogens with zero attached hydrogens (tertiary/aromatic N) is 7. The highest BCUT2D eigenvalue weighted by Crippen LogP contribution is 2.51. The van der Waals surface area contributed by atoms with Crippen LogP contribution in [-0.4, -0.2) is 59.8 Å². The molecule has 1 amide bonds. The Morgan fingerprint density at radius 1 is 1.11 bits per heavy atom. The van der Waals surface area contributed by atoms with Gasteiger partial charge in [-0.15, -0.1) is 0 Å². The van der Waals surface area contributed by atoms with Crippen molar-refractivity contribution in [1.82, 2.24) is 29.4 Å². The Hall–Kier alpha value is -5.00. The minimum atomic E-state index is -3.05. The Morgan fingerprint density at radius 3 is 2.43 bits per heavy atom. The summed E-state index contributed by atoms with van der Waals surface area (Å²) in [5.41, 5.74) is 4.02. The summed E-state index contributed by atoms with van der Waals surface area (Å²) in [7, 11) is 0. The van der Waals surface area contributed by atoms with E-state index >= 15 is 4.39 Å². The van der Waals surface area contributed by atoms with Gasteiger partial charge in [0.15, 0.2) is 17.3 Å². The Balaban J connectivity index is 1.42. The molecule has 4 aromatic rings. The normalized spacial score (nSPS) is 20.3. The topological polar surface area (TPSA) is 134 Å². The summed E-state index contributed by atoms with van der Waals surface area (Å²) in [4.78, 5) is 36.8. The van der Waals surface area contributed by atoms with E-state index in [1.54, 1.807) is 20.8 Å². The minimum Gasteiger partial charge on any atom is -0.463 e. The van der Waals surface area contributed by atoms with E-state index in [1.807, 2.05) is 0 Å². The van der Waals surface area contributed by atoms with Crippen molar-refractivity contribution in [2.45, 2.75) is 70.5 Å². The van der Waals surface area contributed by atoms with Gasteiger partial charge in [-0.2, -0.15) is 19.0 Å². The van der Waals surface area contributed by atoms with Gasteiger partial charge in [0, 0.05) is 29.7 Å². The number of hydrogen-bond acceptors (Lipinski definition) is 8. The number of hydrogen-bond donors (Lipinski definition) is 1. The van der Waals surface area contributed by atoms with E-state index in [0.29, 0.717) is 4.68 Å². The Kier molecular flexibility index (Phi) is 9.80. The molecule has 0 unspecified atom stereocenters. The Labute approximate surface area is 302 Å². The largest absolute Gasteiger partial charge is 0.463 e. The van der Waals surface area contributed by atoms with Crippen molar-refractivity contribution in [3.8, 4) is 16.8 Å². The van der Waals surface area contributed by atoms with Crippen LogP contribution in [0.2, 0.25) is 5.02 Å². The standard InChI is InChI=1S/C34H32ClF7N8O3/c1-32(2,3)15-33(19-5-6-21(23(36)9-19)18-12-45-48(13-18)30(39)40)29(52)49(31(43)47-33)25(14-53-26(51)10-20-11-34(20,41)42)17-4-7-22(35)24(8-17)50-28(27(37)38)44-16-46-50/h4-9,12-13,16,20,25,27,30H,10-11,14-15H2,1-3H3,(H2,43,47)/t20-,25-,33-/m1/s1. The van der Waals surface area contributed by atoms with Crippen molar-refractivity contribution in [2.75, 3.05) is 6.61 Å². The first kappa shape index (κ1) is 37.7. The van der Waals surface area contributed by atoms with Crippen LogP contribution in [0.5, 0.6) is 0 Å². The number of aromatic nitrogens is 5. The molecule has 3 heterocycles. The van der Waals surface area contributed by atoms with Gasteiger partial charge in [0.2, 0.25) is 0 Å². The number of rotatable bonds is 12. The first-order valence-electron chi connectivity index (χ1n) is 16.1. The maximum atomic E-state index is 15.8. The smallest absolute Gasteiger partial charge is 0.333 e. The molecule has 2 aliphatic rings. The van der Waals surface area contributed by atoms with Crippen LogP contribution in [0.25, 0.3) is 16.8 Å². The van der Waals surface area contributed by atoms with Crippen LogP contribution >= 0.6 is 11.6 Å². The number of esters is 1. The van der Waals surface area contributed by atoms with Crippen molar-refractivity contribution in [3.05, 3.63) is 82.9 Å². The molecule has 19 heteroatoms. The number of carbonyl (C=O) groups is 2. The maximum Gasteiger partial charge on any atom is 0.333 e. The van der Waals surface area contributed by atoms with E-state index in [2.05, 4.69) is 20.2 Å². The van der Waals surface area contributed by atoms with Gasteiger partial charge in [-0.1, -0.05) is 50.6 Å². The molecule has 53 heavy (non-hydrogen) atoms. The number of alkyl halides is 6. The molecule has 11 nitrogen and oxygen atoms in total. The molecule has 0 bridgehead atoms. The zero-order valence-electron chi connectivity index (χ0n) is 28.3. The molecule has 1 aliphatic heterocycles. The first-order valence-corrected chi connectivity index (χ1v) is 16.5. The summed E-state index contributed by atoms with van der Waals surface area (Å²) < 4.78 is 104. The fourth-order valence-corrected chi connectivity index (χ4v) is 6.59. The number of carbonyl (C=O) groups excluding carboxylic acids is 2. The van der Waals surface area contributed by atoms with Crippen LogP contribution in [-0.2, 0) is 19.9 Å². The number of aliphatic imine (C=N–C) groups is 1.